The molecule has 2 unspecified atom stereocenters. The van der Waals surface area contributed by atoms with Crippen molar-refractivity contribution in [1.29, 1.82) is 0 Å². The van der Waals surface area contributed by atoms with Gasteiger partial charge in [0, 0.05) is 54.1 Å². The molecular formula is C24H26ClF3N2O2S. The third-order valence-electron chi connectivity index (χ3n) is 7.06. The Labute approximate surface area is 200 Å². The van der Waals surface area contributed by atoms with Gasteiger partial charge in [0.1, 0.15) is 0 Å². The van der Waals surface area contributed by atoms with Crippen LogP contribution in [0.5, 0.6) is 0 Å². The zero-order valence-electron chi connectivity index (χ0n) is 18.2. The van der Waals surface area contributed by atoms with Crippen LogP contribution in [-0.2, 0) is 0 Å². The number of carbonyl (C=O) groups excluding carboxylic acids is 1. The van der Waals surface area contributed by atoms with Crippen LogP contribution in [0.4, 0.5) is 18.9 Å². The van der Waals surface area contributed by atoms with E-state index in [1.807, 2.05) is 0 Å². The number of hydrogen-bond donors (Lipinski definition) is 2. The number of likely N-dealkylation sites (tertiary alicyclic amines) is 1. The lowest BCUT2D eigenvalue weighted by atomic mass is 9.58. The molecule has 33 heavy (non-hydrogen) atoms. The second-order valence-corrected chi connectivity index (χ2v) is 10.3. The van der Waals surface area contributed by atoms with Crippen molar-refractivity contribution in [1.82, 2.24) is 4.90 Å². The van der Waals surface area contributed by atoms with E-state index in [1.54, 1.807) is 0 Å². The Morgan fingerprint density at radius 3 is 2.33 bits per heavy atom. The highest BCUT2D eigenvalue weighted by atomic mass is 35.5. The summed E-state index contributed by atoms with van der Waals surface area (Å²) in [6.07, 6.45) is 8.96. The quantitative estimate of drug-likeness (QED) is 0.352. The topological polar surface area (TPSA) is 52.6 Å². The molecule has 1 saturated heterocycles. The van der Waals surface area contributed by atoms with E-state index in [9.17, 15) is 18.0 Å². The van der Waals surface area contributed by atoms with Gasteiger partial charge in [0.15, 0.2) is 17.5 Å². The molecule has 178 valence electrons. The van der Waals surface area contributed by atoms with Crippen LogP contribution in [0.1, 0.15) is 55.8 Å². The highest BCUT2D eigenvalue weighted by Crippen LogP contribution is 2.54. The fraction of sp³-hybridized carbons (Fsp3) is 0.458. The summed E-state index contributed by atoms with van der Waals surface area (Å²) in [5.74, 6) is -5.12. The van der Waals surface area contributed by atoms with Crippen molar-refractivity contribution in [3.63, 3.8) is 0 Å². The van der Waals surface area contributed by atoms with Crippen LogP contribution in [-0.4, -0.2) is 34.0 Å². The molecule has 0 radical (unpaired) electrons. The van der Waals surface area contributed by atoms with Gasteiger partial charge in [-0.1, -0.05) is 31.4 Å². The minimum absolute atomic E-state index is 0.112. The molecule has 5 rings (SSSR count). The van der Waals surface area contributed by atoms with Crippen LogP contribution in [0.25, 0.3) is 0 Å². The van der Waals surface area contributed by atoms with Gasteiger partial charge in [-0.3, -0.25) is 9.69 Å². The fourth-order valence-corrected chi connectivity index (χ4v) is 5.65. The zero-order chi connectivity index (χ0) is 23.8. The number of carbonyl (C=O) groups is 1. The Kier molecular flexibility index (Phi) is 7.29. The molecule has 1 aliphatic heterocycles. The van der Waals surface area contributed by atoms with Crippen LogP contribution in [0.2, 0.25) is 5.02 Å². The summed E-state index contributed by atoms with van der Waals surface area (Å²) < 4.78 is 47.9. The number of amides is 1. The largest absolute Gasteiger partial charge is 0.325 e. The second kappa shape index (κ2) is 9.86. The van der Waals surface area contributed by atoms with E-state index in [1.165, 1.54) is 63.3 Å². The van der Waals surface area contributed by atoms with Crippen molar-refractivity contribution < 1.29 is 22.5 Å². The number of halogens is 4. The van der Waals surface area contributed by atoms with Gasteiger partial charge in [-0.25, -0.2) is 13.2 Å². The molecule has 1 amide bonds. The van der Waals surface area contributed by atoms with E-state index in [2.05, 4.69) is 17.1 Å². The average molecular weight is 499 g/mol. The Bertz CT molecular complexity index is 1030. The minimum Gasteiger partial charge on any atom is -0.325 e. The molecule has 2 aromatic rings. The normalized spacial score (nSPS) is 24.2. The first-order valence-corrected chi connectivity index (χ1v) is 12.2. The lowest BCUT2D eigenvalue weighted by molar-refractivity contribution is -0.157. The smallest absolute Gasteiger partial charge is 0.255 e. The maximum absolute atomic E-state index is 13.0. The van der Waals surface area contributed by atoms with Gasteiger partial charge in [-0.15, -0.1) is 0 Å². The minimum atomic E-state index is -1.61. The Morgan fingerprint density at radius 1 is 1.15 bits per heavy atom. The molecule has 0 spiro atoms. The molecule has 1 heterocycles. The van der Waals surface area contributed by atoms with Gasteiger partial charge in [-0.2, -0.15) is 0 Å². The van der Waals surface area contributed by atoms with Crippen LogP contribution >= 0.6 is 23.6 Å². The van der Waals surface area contributed by atoms with E-state index >= 15 is 0 Å². The first-order valence-electron chi connectivity index (χ1n) is 11.0. The third kappa shape index (κ3) is 5.04. The fourth-order valence-electron chi connectivity index (χ4n) is 5.10. The van der Waals surface area contributed by atoms with Crippen molar-refractivity contribution in [3.8, 4) is 0 Å². The van der Waals surface area contributed by atoms with Crippen LogP contribution in [0.15, 0.2) is 35.2 Å². The molecule has 3 aliphatic rings. The maximum Gasteiger partial charge on any atom is 0.255 e. The molecule has 2 aromatic carbocycles. The van der Waals surface area contributed by atoms with Crippen molar-refractivity contribution in [3.05, 3.63) is 58.4 Å². The standard InChI is InChI=1S/C13H7ClF3NO2S.C11H19N/c14-8-2-1-6(3-11(8)21-20)13(19)18-7-4-9(15)12(17)10(16)5-7;1-11-7-6-10(11)12(8-11)9-4-2-3-5-9/h1-5,20H,(H,18,19);9-10H,2-8H2,1H3. The lowest BCUT2D eigenvalue weighted by Gasteiger charge is -2.65. The van der Waals surface area contributed by atoms with Crippen molar-refractivity contribution >= 4 is 35.2 Å². The van der Waals surface area contributed by atoms with E-state index < -0.39 is 23.4 Å². The summed E-state index contributed by atoms with van der Waals surface area (Å²) in [7, 11) is 0. The van der Waals surface area contributed by atoms with Crippen molar-refractivity contribution in [2.45, 2.75) is 62.4 Å². The molecule has 0 aromatic heterocycles. The van der Waals surface area contributed by atoms with Gasteiger partial charge in [0.2, 0.25) is 0 Å². The molecule has 9 heteroatoms. The summed E-state index contributed by atoms with van der Waals surface area (Å²) in [5, 5.41) is 2.47. The number of hydrogen-bond acceptors (Lipinski definition) is 4. The number of benzene rings is 2. The molecule has 3 fully saturated rings. The van der Waals surface area contributed by atoms with E-state index in [-0.39, 0.29) is 21.2 Å². The van der Waals surface area contributed by atoms with Crippen LogP contribution in [0.3, 0.4) is 0 Å². The highest BCUT2D eigenvalue weighted by Gasteiger charge is 2.57. The SMILES string of the molecule is CC12CCC1N(C1CCCC1)C2.O=C(Nc1cc(F)c(F)c(F)c1)c1ccc(Cl)c(SO)c1. The summed E-state index contributed by atoms with van der Waals surface area (Å²) in [6, 6.07) is 7.37. The number of anilines is 1. The molecule has 2 atom stereocenters. The average Bonchev–Trinajstić information content (AvgIpc) is 3.31. The summed E-state index contributed by atoms with van der Waals surface area (Å²) in [4.78, 5) is 15.0. The molecule has 2 saturated carbocycles. The molecule has 2 aliphatic carbocycles. The molecular weight excluding hydrogens is 473 g/mol. The van der Waals surface area contributed by atoms with E-state index in [0.717, 1.165) is 17.5 Å². The summed E-state index contributed by atoms with van der Waals surface area (Å²) in [6.45, 7) is 3.90. The van der Waals surface area contributed by atoms with Crippen molar-refractivity contribution in [2.24, 2.45) is 5.41 Å². The lowest BCUT2D eigenvalue weighted by Crippen LogP contribution is -2.71. The predicted molar refractivity (Wildman–Crippen MR) is 124 cm³/mol. The number of fused-ring (bicyclic) bond motifs is 1. The number of nitrogens with zero attached hydrogens (tertiary/aromatic N) is 1. The Balaban J connectivity index is 0.000000180. The Hall–Kier alpha value is -1.74. The van der Waals surface area contributed by atoms with Gasteiger partial charge < -0.3 is 9.87 Å². The Morgan fingerprint density at radius 2 is 1.82 bits per heavy atom. The number of piperidine rings is 1. The van der Waals surface area contributed by atoms with Gasteiger partial charge in [0.25, 0.3) is 5.91 Å². The molecule has 0 bridgehead atoms. The van der Waals surface area contributed by atoms with Crippen molar-refractivity contribution in [2.75, 3.05) is 11.9 Å². The van der Waals surface area contributed by atoms with Gasteiger partial charge in [-0.05, 0) is 49.3 Å². The van der Waals surface area contributed by atoms with E-state index in [4.69, 9.17) is 16.2 Å². The summed E-state index contributed by atoms with van der Waals surface area (Å²) >= 11 is 6.13. The number of nitrogens with one attached hydrogen (secondary N) is 1. The summed E-state index contributed by atoms with van der Waals surface area (Å²) in [5.41, 5.74) is 0.647. The highest BCUT2D eigenvalue weighted by molar-refractivity contribution is 7.93. The second-order valence-electron chi connectivity index (χ2n) is 9.26. The van der Waals surface area contributed by atoms with E-state index in [0.29, 0.717) is 24.2 Å². The number of rotatable bonds is 4. The van der Waals surface area contributed by atoms with Gasteiger partial charge >= 0.3 is 0 Å². The third-order valence-corrected chi connectivity index (χ3v) is 8.04. The monoisotopic (exact) mass is 498 g/mol. The maximum atomic E-state index is 13.0. The van der Waals surface area contributed by atoms with Gasteiger partial charge in [0.05, 0.1) is 9.92 Å². The predicted octanol–water partition coefficient (Wildman–Crippen LogP) is 6.99. The molecule has 2 N–H and O–H groups in total. The molecule has 4 nitrogen and oxygen atoms in total. The van der Waals surface area contributed by atoms with Crippen LogP contribution in [0, 0.1) is 22.9 Å². The first-order chi connectivity index (χ1) is 15.7. The first kappa shape index (κ1) is 24.4. The zero-order valence-corrected chi connectivity index (χ0v) is 19.8. The van der Waals surface area contributed by atoms with Crippen LogP contribution < -0.4 is 5.32 Å².